The van der Waals surface area contributed by atoms with Gasteiger partial charge in [-0.2, -0.15) is 4.80 Å². The fourth-order valence-corrected chi connectivity index (χ4v) is 4.89. The molecule has 184 valence electrons. The van der Waals surface area contributed by atoms with Gasteiger partial charge in [-0.05, 0) is 53.2 Å². The number of rotatable bonds is 11. The minimum Gasteiger partial charge on any atom is -0.508 e. The second kappa shape index (κ2) is 12.8. The summed E-state index contributed by atoms with van der Waals surface area (Å²) in [6.07, 6.45) is -0.0384. The topological polar surface area (TPSA) is 147 Å². The van der Waals surface area contributed by atoms with E-state index in [1.54, 1.807) is 42.5 Å². The molecule has 3 rings (SSSR count). The van der Waals surface area contributed by atoms with Crippen LogP contribution in [0.1, 0.15) is 12.0 Å². The molecule has 14 heteroatoms. The van der Waals surface area contributed by atoms with Gasteiger partial charge in [0.15, 0.2) is 5.78 Å². The first-order chi connectivity index (χ1) is 16.7. The van der Waals surface area contributed by atoms with Gasteiger partial charge >= 0.3 is 5.97 Å². The van der Waals surface area contributed by atoms with Gasteiger partial charge in [-0.1, -0.05) is 53.2 Å². The molecule has 0 spiro atoms. The van der Waals surface area contributed by atoms with Crippen molar-refractivity contribution in [2.75, 3.05) is 5.75 Å². The molecule has 0 saturated carbocycles. The van der Waals surface area contributed by atoms with Gasteiger partial charge in [0.25, 0.3) is 5.24 Å². The molecule has 1 amide bonds. The van der Waals surface area contributed by atoms with Crippen LogP contribution in [0.5, 0.6) is 5.75 Å². The van der Waals surface area contributed by atoms with Crippen molar-refractivity contribution in [2.24, 2.45) is 0 Å². The van der Waals surface area contributed by atoms with E-state index in [0.29, 0.717) is 27.1 Å². The number of carboxylic acid groups (broad SMARTS) is 1. The standard InChI is InChI=1S/C21H19Cl2N5O5S2/c22-14-2-1-3-15(23)19(14)35-20-25-27-28(26-20)11-17(30)16(10-18(31)32)24-21(33)34-9-8-12-4-6-13(29)7-5-12/h1-7,16,29H,8-11H2,(H,24,33)(H,31,32). The van der Waals surface area contributed by atoms with Crippen LogP contribution in [0.4, 0.5) is 4.79 Å². The summed E-state index contributed by atoms with van der Waals surface area (Å²) in [4.78, 5) is 37.8. The van der Waals surface area contributed by atoms with Crippen molar-refractivity contribution in [1.29, 1.82) is 0 Å². The van der Waals surface area contributed by atoms with Crippen LogP contribution in [-0.4, -0.2) is 59.2 Å². The zero-order valence-corrected chi connectivity index (χ0v) is 21.1. The summed E-state index contributed by atoms with van der Waals surface area (Å²) in [7, 11) is 0. The molecule has 10 nitrogen and oxygen atoms in total. The van der Waals surface area contributed by atoms with E-state index in [9.17, 15) is 19.5 Å². The van der Waals surface area contributed by atoms with Gasteiger partial charge < -0.3 is 15.5 Å². The van der Waals surface area contributed by atoms with Crippen LogP contribution in [0.15, 0.2) is 52.5 Å². The molecule has 0 bridgehead atoms. The van der Waals surface area contributed by atoms with E-state index in [1.165, 1.54) is 0 Å². The van der Waals surface area contributed by atoms with Gasteiger partial charge in [0.1, 0.15) is 18.3 Å². The fourth-order valence-electron chi connectivity index (χ4n) is 2.79. The highest BCUT2D eigenvalue weighted by Gasteiger charge is 2.25. The Morgan fingerprint density at radius 1 is 1.09 bits per heavy atom. The third-order valence-corrected chi connectivity index (χ3v) is 7.10. The van der Waals surface area contributed by atoms with Gasteiger partial charge in [-0.25, -0.2) is 0 Å². The largest absolute Gasteiger partial charge is 0.508 e. The molecule has 0 aliphatic heterocycles. The zero-order chi connectivity index (χ0) is 25.4. The normalized spacial score (nSPS) is 11.7. The number of halogens is 2. The lowest BCUT2D eigenvalue weighted by Crippen LogP contribution is -2.42. The molecule has 1 heterocycles. The average molecular weight is 556 g/mol. The van der Waals surface area contributed by atoms with Crippen LogP contribution in [0.3, 0.4) is 0 Å². The third-order valence-electron chi connectivity index (χ3n) is 4.46. The number of amides is 1. The molecular formula is C21H19Cl2N5O5S2. The van der Waals surface area contributed by atoms with Crippen molar-refractivity contribution in [1.82, 2.24) is 25.5 Å². The van der Waals surface area contributed by atoms with Crippen molar-refractivity contribution >= 4 is 63.7 Å². The number of aryl methyl sites for hydroxylation is 1. The summed E-state index contributed by atoms with van der Waals surface area (Å²) < 4.78 is 0. The summed E-state index contributed by atoms with van der Waals surface area (Å²) in [5.41, 5.74) is 0.922. The molecular weight excluding hydrogens is 537 g/mol. The SMILES string of the molecule is O=C(O)CC(NC(=O)SCCc1ccc(O)cc1)C(=O)Cn1nnc(Sc2c(Cl)cccc2Cl)n1. The van der Waals surface area contributed by atoms with Gasteiger partial charge in [0, 0.05) is 5.75 Å². The zero-order valence-electron chi connectivity index (χ0n) is 17.9. The van der Waals surface area contributed by atoms with E-state index < -0.39 is 29.5 Å². The maximum Gasteiger partial charge on any atom is 0.305 e. The maximum atomic E-state index is 12.7. The number of tetrazole rings is 1. The molecule has 1 unspecified atom stereocenters. The van der Waals surface area contributed by atoms with Crippen LogP contribution >= 0.6 is 46.7 Å². The molecule has 1 aromatic heterocycles. The lowest BCUT2D eigenvalue weighted by atomic mass is 10.1. The van der Waals surface area contributed by atoms with E-state index in [0.717, 1.165) is 33.9 Å². The Morgan fingerprint density at radius 2 is 1.77 bits per heavy atom. The molecule has 0 aliphatic carbocycles. The summed E-state index contributed by atoms with van der Waals surface area (Å²) in [5, 5.41) is 33.2. The first-order valence-corrected chi connectivity index (χ1v) is 12.6. The summed E-state index contributed by atoms with van der Waals surface area (Å²) in [5.74, 6) is -1.28. The Bertz CT molecular complexity index is 1190. The van der Waals surface area contributed by atoms with Crippen molar-refractivity contribution in [3.05, 3.63) is 58.1 Å². The summed E-state index contributed by atoms with van der Waals surface area (Å²) in [6.45, 7) is -0.389. The number of phenols is 1. The van der Waals surface area contributed by atoms with Crippen LogP contribution < -0.4 is 5.32 Å². The van der Waals surface area contributed by atoms with Crippen LogP contribution in [0.2, 0.25) is 10.0 Å². The number of nitrogens with zero attached hydrogens (tertiary/aromatic N) is 4. The minimum absolute atomic E-state index is 0.148. The molecule has 2 aromatic carbocycles. The lowest BCUT2D eigenvalue weighted by Gasteiger charge is -2.15. The lowest BCUT2D eigenvalue weighted by molar-refractivity contribution is -0.139. The first kappa shape index (κ1) is 26.8. The molecule has 0 fully saturated rings. The highest BCUT2D eigenvalue weighted by atomic mass is 35.5. The molecule has 35 heavy (non-hydrogen) atoms. The predicted molar refractivity (Wildman–Crippen MR) is 132 cm³/mol. The Kier molecular flexibility index (Phi) is 9.78. The Morgan fingerprint density at radius 3 is 2.43 bits per heavy atom. The smallest absolute Gasteiger partial charge is 0.305 e. The van der Waals surface area contributed by atoms with Crippen molar-refractivity contribution in [2.45, 2.75) is 35.5 Å². The molecule has 0 radical (unpaired) electrons. The van der Waals surface area contributed by atoms with Gasteiger partial charge in [0.05, 0.1) is 21.4 Å². The number of nitrogens with one attached hydrogen (secondary N) is 1. The van der Waals surface area contributed by atoms with E-state index in [4.69, 9.17) is 28.3 Å². The van der Waals surface area contributed by atoms with Gasteiger partial charge in [0.2, 0.25) is 5.16 Å². The number of aromatic hydroxyl groups is 1. The number of Topliss-reactive ketones (excluding diaryl/α,β-unsaturated/α-hetero) is 1. The summed E-state index contributed by atoms with van der Waals surface area (Å²) in [6, 6.07) is 10.3. The maximum absolute atomic E-state index is 12.7. The van der Waals surface area contributed by atoms with E-state index in [-0.39, 0.29) is 17.5 Å². The monoisotopic (exact) mass is 555 g/mol. The molecule has 0 aliphatic rings. The second-order valence-electron chi connectivity index (χ2n) is 7.07. The second-order valence-corrected chi connectivity index (χ2v) is 9.93. The van der Waals surface area contributed by atoms with Crippen LogP contribution in [0.25, 0.3) is 0 Å². The van der Waals surface area contributed by atoms with Gasteiger partial charge in [-0.3, -0.25) is 14.4 Å². The highest BCUT2D eigenvalue weighted by Crippen LogP contribution is 2.36. The number of aromatic nitrogens is 4. The number of phenolic OH excluding ortho intramolecular Hbond substituents is 1. The number of carbonyl (C=O) groups is 3. The first-order valence-electron chi connectivity index (χ1n) is 10.1. The number of carboxylic acids is 1. The van der Waals surface area contributed by atoms with Crippen molar-refractivity contribution < 1.29 is 24.6 Å². The average Bonchev–Trinajstić information content (AvgIpc) is 3.24. The minimum atomic E-state index is -1.26. The Hall–Kier alpha value is -2.80. The fraction of sp³-hybridized carbons (Fsp3) is 0.238. The predicted octanol–water partition coefficient (Wildman–Crippen LogP) is 3.93. The molecule has 3 N–H and O–H groups in total. The highest BCUT2D eigenvalue weighted by molar-refractivity contribution is 8.13. The number of thioether (sulfide) groups is 1. The number of carbonyl (C=O) groups excluding carboxylic acids is 2. The quantitative estimate of drug-likeness (QED) is 0.317. The van der Waals surface area contributed by atoms with E-state index in [2.05, 4.69) is 20.7 Å². The number of aliphatic carboxylic acids is 1. The summed E-state index contributed by atoms with van der Waals surface area (Å²) >= 11 is 14.3. The molecule has 0 saturated heterocycles. The Balaban J connectivity index is 1.55. The van der Waals surface area contributed by atoms with E-state index in [1.807, 2.05) is 0 Å². The molecule has 1 atom stereocenters. The van der Waals surface area contributed by atoms with Crippen molar-refractivity contribution in [3.63, 3.8) is 0 Å². The number of hydrogen-bond acceptors (Lipinski definition) is 9. The third kappa shape index (κ3) is 8.42. The van der Waals surface area contributed by atoms with Crippen molar-refractivity contribution in [3.8, 4) is 5.75 Å². The van der Waals surface area contributed by atoms with Gasteiger partial charge in [-0.15, -0.1) is 10.2 Å². The van der Waals surface area contributed by atoms with E-state index >= 15 is 0 Å². The molecule has 3 aromatic rings. The Labute approximate surface area is 218 Å². The number of ketones is 1. The number of hydrogen-bond donors (Lipinski definition) is 3. The van der Waals surface area contributed by atoms with Crippen LogP contribution in [-0.2, 0) is 22.6 Å². The number of benzene rings is 2. The van der Waals surface area contributed by atoms with Crippen LogP contribution in [0, 0.1) is 0 Å².